The third-order valence-electron chi connectivity index (χ3n) is 4.59. The normalized spacial score (nSPS) is 16.1. The molecule has 0 amide bonds. The highest BCUT2D eigenvalue weighted by molar-refractivity contribution is 6.30. The first-order valence-electron chi connectivity index (χ1n) is 8.68. The fourth-order valence-corrected chi connectivity index (χ4v) is 2.90. The van der Waals surface area contributed by atoms with E-state index >= 15 is 0 Å². The van der Waals surface area contributed by atoms with Crippen molar-refractivity contribution in [2.45, 2.75) is 37.2 Å². The standard InChI is InChI=1S/C21H19ClF3NO2/c1-28-17-6-2-14(3-7-17)13-26-20(10-11-20)9-8-15-4-5-16(22)12-18(15)19(27)21(23,24)25/h2-7,12,19,26-27H,10-11,13H2,1H3. The van der Waals surface area contributed by atoms with E-state index in [1.54, 1.807) is 7.11 Å². The average molecular weight is 410 g/mol. The van der Waals surface area contributed by atoms with Gasteiger partial charge in [0.2, 0.25) is 0 Å². The third kappa shape index (κ3) is 4.99. The molecule has 0 aromatic heterocycles. The molecule has 2 aromatic carbocycles. The molecule has 0 radical (unpaired) electrons. The Bertz CT molecular complexity index is 897. The van der Waals surface area contributed by atoms with Crippen LogP contribution < -0.4 is 10.1 Å². The second kappa shape index (κ2) is 8.04. The number of halogens is 4. The molecule has 0 saturated heterocycles. The first-order chi connectivity index (χ1) is 13.2. The molecule has 3 nitrogen and oxygen atoms in total. The molecule has 1 fully saturated rings. The summed E-state index contributed by atoms with van der Waals surface area (Å²) >= 11 is 5.80. The van der Waals surface area contributed by atoms with Crippen LogP contribution in [-0.2, 0) is 6.54 Å². The predicted molar refractivity (Wildman–Crippen MR) is 101 cm³/mol. The van der Waals surface area contributed by atoms with Crippen LogP contribution in [-0.4, -0.2) is 23.9 Å². The molecule has 28 heavy (non-hydrogen) atoms. The molecule has 0 bridgehead atoms. The molecule has 0 aliphatic heterocycles. The van der Waals surface area contributed by atoms with Crippen LogP contribution in [0.25, 0.3) is 0 Å². The summed E-state index contributed by atoms with van der Waals surface area (Å²) in [5.74, 6) is 6.60. The van der Waals surface area contributed by atoms with Crippen LogP contribution in [0.5, 0.6) is 5.75 Å². The molecule has 148 valence electrons. The SMILES string of the molecule is COc1ccc(CNC2(C#Cc3ccc(Cl)cc3C(O)C(F)(F)F)CC2)cc1. The lowest BCUT2D eigenvalue weighted by Crippen LogP contribution is -2.29. The van der Waals surface area contributed by atoms with Crippen molar-refractivity contribution in [3.63, 3.8) is 0 Å². The van der Waals surface area contributed by atoms with Crippen LogP contribution in [0.15, 0.2) is 42.5 Å². The molecule has 1 aliphatic carbocycles. The van der Waals surface area contributed by atoms with E-state index in [4.69, 9.17) is 16.3 Å². The first kappa shape index (κ1) is 20.5. The van der Waals surface area contributed by atoms with Gasteiger partial charge in [0.25, 0.3) is 0 Å². The molecule has 0 heterocycles. The van der Waals surface area contributed by atoms with Crippen molar-refractivity contribution >= 4 is 11.6 Å². The van der Waals surface area contributed by atoms with E-state index in [2.05, 4.69) is 17.2 Å². The molecular weight excluding hydrogens is 391 g/mol. The van der Waals surface area contributed by atoms with Crippen LogP contribution in [0, 0.1) is 11.8 Å². The van der Waals surface area contributed by atoms with Gasteiger partial charge in [0.15, 0.2) is 6.10 Å². The van der Waals surface area contributed by atoms with Gasteiger partial charge in [0.1, 0.15) is 5.75 Å². The fraction of sp³-hybridized carbons (Fsp3) is 0.333. The zero-order chi connectivity index (χ0) is 20.4. The average Bonchev–Trinajstić information content (AvgIpc) is 3.45. The highest BCUT2D eigenvalue weighted by atomic mass is 35.5. The first-order valence-corrected chi connectivity index (χ1v) is 9.06. The summed E-state index contributed by atoms with van der Waals surface area (Å²) in [4.78, 5) is 0. The van der Waals surface area contributed by atoms with E-state index in [1.807, 2.05) is 24.3 Å². The van der Waals surface area contributed by atoms with Gasteiger partial charge in [0, 0.05) is 22.7 Å². The number of rotatable bonds is 5. The van der Waals surface area contributed by atoms with Gasteiger partial charge in [-0.1, -0.05) is 35.6 Å². The summed E-state index contributed by atoms with van der Waals surface area (Å²) < 4.78 is 43.9. The summed E-state index contributed by atoms with van der Waals surface area (Å²) in [7, 11) is 1.60. The molecule has 1 saturated carbocycles. The van der Waals surface area contributed by atoms with Crippen molar-refractivity contribution in [1.29, 1.82) is 0 Å². The maximum atomic E-state index is 12.9. The summed E-state index contributed by atoms with van der Waals surface area (Å²) in [5.41, 5.74) is 0.402. The van der Waals surface area contributed by atoms with Crippen LogP contribution >= 0.6 is 11.6 Å². The van der Waals surface area contributed by atoms with Gasteiger partial charge in [-0.05, 0) is 48.7 Å². The minimum absolute atomic E-state index is 0.114. The lowest BCUT2D eigenvalue weighted by atomic mass is 10.0. The topological polar surface area (TPSA) is 41.5 Å². The molecular formula is C21H19ClF3NO2. The summed E-state index contributed by atoms with van der Waals surface area (Å²) in [6, 6.07) is 11.6. The van der Waals surface area contributed by atoms with Crippen LogP contribution in [0.2, 0.25) is 5.02 Å². The Balaban J connectivity index is 1.75. The van der Waals surface area contributed by atoms with Gasteiger partial charge in [-0.15, -0.1) is 0 Å². The number of hydrogen-bond acceptors (Lipinski definition) is 3. The number of benzene rings is 2. The van der Waals surface area contributed by atoms with E-state index in [-0.39, 0.29) is 16.1 Å². The molecule has 0 spiro atoms. The minimum atomic E-state index is -4.79. The number of alkyl halides is 3. The van der Waals surface area contributed by atoms with E-state index < -0.39 is 17.8 Å². The molecule has 3 rings (SSSR count). The second-order valence-corrected chi connectivity index (χ2v) is 7.15. The van der Waals surface area contributed by atoms with Crippen LogP contribution in [0.3, 0.4) is 0 Å². The Morgan fingerprint density at radius 3 is 2.46 bits per heavy atom. The number of nitrogens with one attached hydrogen (secondary N) is 1. The van der Waals surface area contributed by atoms with Crippen molar-refractivity contribution in [2.75, 3.05) is 7.11 Å². The Hall–Kier alpha value is -2.20. The predicted octanol–water partition coefficient (Wildman–Crippen LogP) is 4.62. The van der Waals surface area contributed by atoms with Crippen molar-refractivity contribution in [3.8, 4) is 17.6 Å². The second-order valence-electron chi connectivity index (χ2n) is 6.71. The van der Waals surface area contributed by atoms with Crippen LogP contribution in [0.1, 0.15) is 35.6 Å². The molecule has 7 heteroatoms. The quantitative estimate of drug-likeness (QED) is 0.708. The molecule has 1 atom stereocenters. The summed E-state index contributed by atoms with van der Waals surface area (Å²) in [5, 5.41) is 13.1. The zero-order valence-corrected chi connectivity index (χ0v) is 15.9. The van der Waals surface area contributed by atoms with Crippen molar-refractivity contribution < 1.29 is 23.0 Å². The monoisotopic (exact) mass is 409 g/mol. The van der Waals surface area contributed by atoms with Gasteiger partial charge in [-0.2, -0.15) is 13.2 Å². The maximum absolute atomic E-state index is 12.9. The molecule has 1 unspecified atom stereocenters. The Morgan fingerprint density at radius 1 is 1.21 bits per heavy atom. The van der Waals surface area contributed by atoms with E-state index in [1.165, 1.54) is 12.1 Å². The largest absolute Gasteiger partial charge is 0.497 e. The van der Waals surface area contributed by atoms with Crippen molar-refractivity contribution in [3.05, 3.63) is 64.2 Å². The number of methoxy groups -OCH3 is 1. The lowest BCUT2D eigenvalue weighted by molar-refractivity contribution is -0.206. The van der Waals surface area contributed by atoms with Crippen molar-refractivity contribution in [2.24, 2.45) is 0 Å². The highest BCUT2D eigenvalue weighted by Gasteiger charge is 2.42. The summed E-state index contributed by atoms with van der Waals surface area (Å²) in [6.45, 7) is 0.581. The minimum Gasteiger partial charge on any atom is -0.497 e. The summed E-state index contributed by atoms with van der Waals surface area (Å²) in [6.07, 6.45) is -5.80. The van der Waals surface area contributed by atoms with Gasteiger partial charge in [-0.25, -0.2) is 0 Å². The number of aliphatic hydroxyl groups is 1. The van der Waals surface area contributed by atoms with Gasteiger partial charge in [-0.3, -0.25) is 5.32 Å². The molecule has 2 aromatic rings. The molecule has 1 aliphatic rings. The van der Waals surface area contributed by atoms with Gasteiger partial charge in [0.05, 0.1) is 12.6 Å². The smallest absolute Gasteiger partial charge is 0.418 e. The fourth-order valence-electron chi connectivity index (χ4n) is 2.72. The number of ether oxygens (including phenoxy) is 1. The highest BCUT2D eigenvalue weighted by Crippen LogP contribution is 2.37. The van der Waals surface area contributed by atoms with Crippen LogP contribution in [0.4, 0.5) is 13.2 Å². The number of hydrogen-bond donors (Lipinski definition) is 2. The molecule has 2 N–H and O–H groups in total. The third-order valence-corrected chi connectivity index (χ3v) is 4.83. The van der Waals surface area contributed by atoms with E-state index in [9.17, 15) is 18.3 Å². The Labute approximate surface area is 166 Å². The van der Waals surface area contributed by atoms with Crippen molar-refractivity contribution in [1.82, 2.24) is 5.32 Å². The van der Waals surface area contributed by atoms with E-state index in [0.717, 1.165) is 30.2 Å². The number of aliphatic hydroxyl groups excluding tert-OH is 1. The van der Waals surface area contributed by atoms with E-state index in [0.29, 0.717) is 6.54 Å². The maximum Gasteiger partial charge on any atom is 0.418 e. The lowest BCUT2D eigenvalue weighted by Gasteiger charge is -2.17. The Morgan fingerprint density at radius 2 is 1.89 bits per heavy atom. The van der Waals surface area contributed by atoms with Gasteiger partial charge >= 0.3 is 6.18 Å². The zero-order valence-electron chi connectivity index (χ0n) is 15.1. The Kier molecular flexibility index (Phi) is 5.90. The van der Waals surface area contributed by atoms with Gasteiger partial charge < -0.3 is 9.84 Å².